The summed E-state index contributed by atoms with van der Waals surface area (Å²) in [5.41, 5.74) is 1.15. The molecule has 1 aliphatic carbocycles. The van der Waals surface area contributed by atoms with Crippen LogP contribution in [0.5, 0.6) is 0 Å². The van der Waals surface area contributed by atoms with Crippen LogP contribution in [0.2, 0.25) is 0 Å². The molecule has 2 aromatic rings. The average molecular weight is 356 g/mol. The van der Waals surface area contributed by atoms with Crippen molar-refractivity contribution in [2.45, 2.75) is 24.7 Å². The van der Waals surface area contributed by atoms with Gasteiger partial charge in [0.1, 0.15) is 12.4 Å². The number of carbonyl (C=O) groups is 2. The number of hydrogen-bond donors (Lipinski definition) is 2. The number of benzene rings is 2. The van der Waals surface area contributed by atoms with Gasteiger partial charge in [-0.2, -0.15) is 0 Å². The second kappa shape index (κ2) is 7.66. The van der Waals surface area contributed by atoms with Crippen molar-refractivity contribution in [1.82, 2.24) is 0 Å². The van der Waals surface area contributed by atoms with E-state index >= 15 is 0 Å². The Morgan fingerprint density at radius 2 is 1.77 bits per heavy atom. The summed E-state index contributed by atoms with van der Waals surface area (Å²) in [5.74, 6) is -0.773. The highest BCUT2D eigenvalue weighted by atomic mass is 19.1. The Hall–Kier alpha value is -2.73. The molecule has 0 heterocycles. The van der Waals surface area contributed by atoms with Gasteiger partial charge in [0.15, 0.2) is 0 Å². The van der Waals surface area contributed by atoms with Gasteiger partial charge in [-0.3, -0.25) is 9.59 Å². The monoisotopic (exact) mass is 356 g/mol. The van der Waals surface area contributed by atoms with Crippen LogP contribution < -0.4 is 10.6 Å². The first kappa shape index (κ1) is 18.1. The normalized spacial score (nSPS) is 15.0. The fourth-order valence-corrected chi connectivity index (χ4v) is 3.22. The van der Waals surface area contributed by atoms with Crippen molar-refractivity contribution < 1.29 is 18.7 Å². The van der Waals surface area contributed by atoms with Gasteiger partial charge in [-0.15, -0.1) is 0 Å². The zero-order chi connectivity index (χ0) is 18.6. The molecule has 0 aliphatic heterocycles. The van der Waals surface area contributed by atoms with Crippen molar-refractivity contribution in [2.75, 3.05) is 24.4 Å². The third kappa shape index (κ3) is 3.75. The second-order valence-electron chi connectivity index (χ2n) is 6.46. The van der Waals surface area contributed by atoms with Gasteiger partial charge in [0.25, 0.3) is 0 Å². The standard InChI is InChI=1S/C20H21FN2O3/c1-26-13-18(24)22-16-7-3-8-17(12-16)23-19(25)20(9-4-10-20)14-5-2-6-15(21)11-14/h2-3,5-8,11-12H,4,9-10,13H2,1H3,(H,22,24)(H,23,25). The molecule has 0 radical (unpaired) electrons. The van der Waals surface area contributed by atoms with Gasteiger partial charge < -0.3 is 15.4 Å². The van der Waals surface area contributed by atoms with E-state index in [2.05, 4.69) is 10.6 Å². The van der Waals surface area contributed by atoms with Crippen LogP contribution in [0.15, 0.2) is 48.5 Å². The number of carbonyl (C=O) groups excluding carboxylic acids is 2. The van der Waals surface area contributed by atoms with Gasteiger partial charge in [-0.05, 0) is 48.7 Å². The highest BCUT2D eigenvalue weighted by Gasteiger charge is 2.45. The van der Waals surface area contributed by atoms with E-state index in [-0.39, 0.29) is 24.2 Å². The third-order valence-electron chi connectivity index (χ3n) is 4.70. The number of hydrogen-bond acceptors (Lipinski definition) is 3. The predicted molar refractivity (Wildman–Crippen MR) is 97.5 cm³/mol. The molecule has 0 spiro atoms. The summed E-state index contributed by atoms with van der Waals surface area (Å²) in [5, 5.41) is 5.60. The van der Waals surface area contributed by atoms with Gasteiger partial charge in [0, 0.05) is 18.5 Å². The second-order valence-corrected chi connectivity index (χ2v) is 6.46. The van der Waals surface area contributed by atoms with E-state index in [1.807, 2.05) is 0 Å². The van der Waals surface area contributed by atoms with Crippen LogP contribution in [-0.4, -0.2) is 25.5 Å². The van der Waals surface area contributed by atoms with Crippen LogP contribution in [0, 0.1) is 5.82 Å². The molecule has 2 aromatic carbocycles. The molecule has 2 amide bonds. The van der Waals surface area contributed by atoms with Gasteiger partial charge in [-0.25, -0.2) is 4.39 Å². The van der Waals surface area contributed by atoms with Crippen LogP contribution >= 0.6 is 0 Å². The van der Waals surface area contributed by atoms with Gasteiger partial charge in [0.2, 0.25) is 11.8 Å². The number of nitrogens with one attached hydrogen (secondary N) is 2. The molecule has 136 valence electrons. The summed E-state index contributed by atoms with van der Waals surface area (Å²) in [6.07, 6.45) is 2.30. The summed E-state index contributed by atoms with van der Waals surface area (Å²) in [4.78, 5) is 24.5. The van der Waals surface area contributed by atoms with Crippen molar-refractivity contribution in [1.29, 1.82) is 0 Å². The number of amides is 2. The van der Waals surface area contributed by atoms with Crippen LogP contribution in [0.4, 0.5) is 15.8 Å². The van der Waals surface area contributed by atoms with E-state index in [9.17, 15) is 14.0 Å². The predicted octanol–water partition coefficient (Wildman–Crippen LogP) is 3.47. The molecule has 0 bridgehead atoms. The Morgan fingerprint density at radius 1 is 1.08 bits per heavy atom. The first-order chi connectivity index (χ1) is 12.5. The summed E-state index contributed by atoms with van der Waals surface area (Å²) in [6.45, 7) is -0.0424. The van der Waals surface area contributed by atoms with Gasteiger partial charge in [0.05, 0.1) is 5.41 Å². The fraction of sp³-hybridized carbons (Fsp3) is 0.300. The zero-order valence-electron chi connectivity index (χ0n) is 14.5. The summed E-state index contributed by atoms with van der Waals surface area (Å²) in [7, 11) is 1.45. The van der Waals surface area contributed by atoms with Gasteiger partial charge in [-0.1, -0.05) is 24.6 Å². The number of methoxy groups -OCH3 is 1. The first-order valence-electron chi connectivity index (χ1n) is 8.50. The molecule has 3 rings (SSSR count). The maximum atomic E-state index is 13.6. The number of anilines is 2. The first-order valence-corrected chi connectivity index (χ1v) is 8.50. The van der Waals surface area contributed by atoms with Crippen molar-refractivity contribution >= 4 is 23.2 Å². The van der Waals surface area contributed by atoms with Crippen LogP contribution in [0.1, 0.15) is 24.8 Å². The quantitative estimate of drug-likeness (QED) is 0.833. The van der Waals surface area contributed by atoms with Crippen LogP contribution in [-0.2, 0) is 19.7 Å². The highest BCUT2D eigenvalue weighted by Crippen LogP contribution is 2.44. The molecule has 5 nitrogen and oxygen atoms in total. The molecular formula is C20H21FN2O3. The maximum absolute atomic E-state index is 13.6. The Kier molecular flexibility index (Phi) is 5.32. The highest BCUT2D eigenvalue weighted by molar-refractivity contribution is 6.00. The molecule has 1 saturated carbocycles. The lowest BCUT2D eigenvalue weighted by molar-refractivity contribution is -0.124. The molecule has 0 aromatic heterocycles. The molecular weight excluding hydrogens is 335 g/mol. The van der Waals surface area contributed by atoms with Crippen molar-refractivity contribution in [3.05, 3.63) is 59.9 Å². The zero-order valence-corrected chi connectivity index (χ0v) is 14.5. The van der Waals surface area contributed by atoms with Crippen molar-refractivity contribution in [2.24, 2.45) is 0 Å². The maximum Gasteiger partial charge on any atom is 0.250 e. The fourth-order valence-electron chi connectivity index (χ4n) is 3.22. The minimum atomic E-state index is -0.697. The van der Waals surface area contributed by atoms with E-state index in [0.29, 0.717) is 29.8 Å². The van der Waals surface area contributed by atoms with Crippen LogP contribution in [0.25, 0.3) is 0 Å². The Morgan fingerprint density at radius 3 is 2.38 bits per heavy atom. The Bertz CT molecular complexity index is 818. The summed E-state index contributed by atoms with van der Waals surface area (Å²) < 4.78 is 18.4. The molecule has 0 saturated heterocycles. The van der Waals surface area contributed by atoms with E-state index in [0.717, 1.165) is 6.42 Å². The largest absolute Gasteiger partial charge is 0.375 e. The summed E-state index contributed by atoms with van der Waals surface area (Å²) >= 11 is 0. The Balaban J connectivity index is 1.76. The van der Waals surface area contributed by atoms with E-state index in [1.54, 1.807) is 36.4 Å². The molecule has 0 atom stereocenters. The Labute approximate surface area is 151 Å². The van der Waals surface area contributed by atoms with E-state index in [4.69, 9.17) is 4.74 Å². The lowest BCUT2D eigenvalue weighted by atomic mass is 9.63. The number of rotatable bonds is 6. The van der Waals surface area contributed by atoms with E-state index < -0.39 is 5.41 Å². The summed E-state index contributed by atoms with van der Waals surface area (Å²) in [6, 6.07) is 13.1. The van der Waals surface area contributed by atoms with Crippen molar-refractivity contribution in [3.8, 4) is 0 Å². The molecule has 2 N–H and O–H groups in total. The topological polar surface area (TPSA) is 67.4 Å². The van der Waals surface area contributed by atoms with Gasteiger partial charge >= 0.3 is 0 Å². The minimum absolute atomic E-state index is 0.0424. The third-order valence-corrected chi connectivity index (χ3v) is 4.70. The number of ether oxygens (including phenoxy) is 1. The SMILES string of the molecule is COCC(=O)Nc1cccc(NC(=O)C2(c3cccc(F)c3)CCC2)c1. The molecule has 0 unspecified atom stereocenters. The van der Waals surface area contributed by atoms with E-state index in [1.165, 1.54) is 19.2 Å². The molecule has 6 heteroatoms. The molecule has 1 fully saturated rings. The lowest BCUT2D eigenvalue weighted by Gasteiger charge is -2.40. The molecule has 26 heavy (non-hydrogen) atoms. The van der Waals surface area contributed by atoms with Crippen LogP contribution in [0.3, 0.4) is 0 Å². The van der Waals surface area contributed by atoms with Crippen molar-refractivity contribution in [3.63, 3.8) is 0 Å². The minimum Gasteiger partial charge on any atom is -0.375 e. The average Bonchev–Trinajstić information content (AvgIpc) is 2.54. The lowest BCUT2D eigenvalue weighted by Crippen LogP contribution is -2.46. The number of halogens is 1. The molecule has 1 aliphatic rings. The smallest absolute Gasteiger partial charge is 0.250 e.